The Morgan fingerprint density at radius 1 is 1.20 bits per heavy atom. The Morgan fingerprint density at radius 2 is 1.84 bits per heavy atom. The molecule has 0 spiro atoms. The maximum Gasteiger partial charge on any atom is 0.494 e. The molecule has 1 atom stereocenters. The van der Waals surface area contributed by atoms with Crippen LogP contribution in [0, 0.1) is 5.92 Å². The molecule has 136 valence electrons. The quantitative estimate of drug-likeness (QED) is 0.620. The van der Waals surface area contributed by atoms with E-state index in [4.69, 9.17) is 14.0 Å². The summed E-state index contributed by atoms with van der Waals surface area (Å²) in [7, 11) is 1.20. The van der Waals surface area contributed by atoms with Crippen molar-refractivity contribution in [1.82, 2.24) is 0 Å². The highest BCUT2D eigenvalue weighted by molar-refractivity contribution is 6.61. The fraction of sp³-hybridized carbons (Fsp3) is 0.650. The van der Waals surface area contributed by atoms with Crippen LogP contribution in [0.5, 0.6) is 0 Å². The van der Waals surface area contributed by atoms with Crippen molar-refractivity contribution in [3.8, 4) is 0 Å². The second-order valence-corrected chi connectivity index (χ2v) is 8.00. The fourth-order valence-electron chi connectivity index (χ4n) is 3.84. The van der Waals surface area contributed by atoms with Gasteiger partial charge in [-0.2, -0.15) is 0 Å². The Morgan fingerprint density at radius 3 is 2.36 bits per heavy atom. The van der Waals surface area contributed by atoms with Gasteiger partial charge in [-0.3, -0.25) is 4.79 Å². The summed E-state index contributed by atoms with van der Waals surface area (Å²) in [6, 6.07) is 8.69. The number of ether oxygens (including phenoxy) is 1. The molecule has 0 N–H and O–H groups in total. The first-order valence-electron chi connectivity index (χ1n) is 9.39. The number of hydrogen-bond acceptors (Lipinski definition) is 4. The van der Waals surface area contributed by atoms with Crippen molar-refractivity contribution in [3.63, 3.8) is 0 Å². The molecule has 25 heavy (non-hydrogen) atoms. The maximum atomic E-state index is 11.4. The van der Waals surface area contributed by atoms with E-state index in [1.54, 1.807) is 0 Å². The summed E-state index contributed by atoms with van der Waals surface area (Å²) in [4.78, 5) is 11.4. The van der Waals surface area contributed by atoms with E-state index in [1.807, 2.05) is 0 Å². The standard InChI is InChI=1S/C20H29BO4/c1-14-20(2,3)25-21(24-14)18-11-9-17(10-12-18)16-7-5-15(6-8-16)13-19(22)23-4/h9-12,14-16H,5-8,13H2,1-4H3. The Labute approximate surface area is 151 Å². The van der Waals surface area contributed by atoms with Crippen LogP contribution in [0.15, 0.2) is 24.3 Å². The highest BCUT2D eigenvalue weighted by Crippen LogP contribution is 2.37. The number of rotatable bonds is 4. The van der Waals surface area contributed by atoms with Crippen LogP contribution in [0.25, 0.3) is 0 Å². The Bertz CT molecular complexity index is 590. The molecule has 1 aliphatic carbocycles. The zero-order valence-corrected chi connectivity index (χ0v) is 15.8. The van der Waals surface area contributed by atoms with Crippen molar-refractivity contribution in [2.45, 2.75) is 70.5 Å². The van der Waals surface area contributed by atoms with Crippen LogP contribution in [-0.2, 0) is 18.8 Å². The molecule has 1 aromatic carbocycles. The first kappa shape index (κ1) is 18.5. The van der Waals surface area contributed by atoms with Crippen molar-refractivity contribution >= 4 is 18.6 Å². The number of esters is 1. The lowest BCUT2D eigenvalue weighted by molar-refractivity contribution is -0.142. The Hall–Kier alpha value is -1.33. The number of methoxy groups -OCH3 is 1. The molecule has 1 aromatic rings. The van der Waals surface area contributed by atoms with Crippen LogP contribution in [0.4, 0.5) is 0 Å². The molecule has 3 rings (SSSR count). The van der Waals surface area contributed by atoms with E-state index in [0.29, 0.717) is 18.3 Å². The average molecular weight is 344 g/mol. The van der Waals surface area contributed by atoms with Gasteiger partial charge < -0.3 is 14.0 Å². The van der Waals surface area contributed by atoms with Gasteiger partial charge in [-0.1, -0.05) is 24.3 Å². The van der Waals surface area contributed by atoms with Gasteiger partial charge in [-0.15, -0.1) is 0 Å². The normalized spacial score (nSPS) is 28.8. The third kappa shape index (κ3) is 4.26. The van der Waals surface area contributed by atoms with E-state index >= 15 is 0 Å². The van der Waals surface area contributed by atoms with Crippen molar-refractivity contribution < 1.29 is 18.8 Å². The van der Waals surface area contributed by atoms with E-state index in [1.165, 1.54) is 12.7 Å². The third-order valence-electron chi connectivity index (χ3n) is 5.93. The van der Waals surface area contributed by atoms with E-state index in [2.05, 4.69) is 45.0 Å². The minimum atomic E-state index is -0.269. The predicted octanol–water partition coefficient (Wildman–Crippen LogP) is 3.43. The summed E-state index contributed by atoms with van der Waals surface area (Å²) in [5, 5.41) is 0. The summed E-state index contributed by atoms with van der Waals surface area (Å²) < 4.78 is 16.8. The lowest BCUT2D eigenvalue weighted by Crippen LogP contribution is -2.34. The number of carbonyl (C=O) groups excluding carboxylic acids is 1. The average Bonchev–Trinajstić information content (AvgIpc) is 2.89. The van der Waals surface area contributed by atoms with Crippen LogP contribution in [0.1, 0.15) is 64.4 Å². The fourth-order valence-corrected chi connectivity index (χ4v) is 3.84. The first-order chi connectivity index (χ1) is 11.9. The second kappa shape index (κ2) is 7.51. The van der Waals surface area contributed by atoms with Crippen molar-refractivity contribution in [1.29, 1.82) is 0 Å². The van der Waals surface area contributed by atoms with Crippen LogP contribution in [-0.4, -0.2) is 31.9 Å². The molecular weight excluding hydrogens is 315 g/mol. The van der Waals surface area contributed by atoms with Gasteiger partial charge in [-0.05, 0) is 69.3 Å². The molecule has 0 aromatic heterocycles. The maximum absolute atomic E-state index is 11.4. The monoisotopic (exact) mass is 344 g/mol. The number of carbonyl (C=O) groups is 1. The van der Waals surface area contributed by atoms with Gasteiger partial charge in [0.1, 0.15) is 0 Å². The molecular formula is C20H29BO4. The Balaban J connectivity index is 1.56. The van der Waals surface area contributed by atoms with E-state index in [-0.39, 0.29) is 24.8 Å². The highest BCUT2D eigenvalue weighted by Gasteiger charge is 2.43. The summed E-state index contributed by atoms with van der Waals surface area (Å²) in [5.74, 6) is 0.984. The van der Waals surface area contributed by atoms with Gasteiger partial charge in [0.15, 0.2) is 0 Å². The van der Waals surface area contributed by atoms with Crippen LogP contribution < -0.4 is 5.46 Å². The summed E-state index contributed by atoms with van der Waals surface area (Å²) >= 11 is 0. The van der Waals surface area contributed by atoms with Crippen LogP contribution in [0.2, 0.25) is 0 Å². The molecule has 1 saturated carbocycles. The van der Waals surface area contributed by atoms with E-state index in [9.17, 15) is 4.79 Å². The SMILES string of the molecule is COC(=O)CC1CCC(c2ccc(B3OC(C)C(C)(C)O3)cc2)CC1. The summed E-state index contributed by atoms with van der Waals surface area (Å²) in [6.45, 7) is 6.19. The van der Waals surface area contributed by atoms with E-state index in [0.717, 1.165) is 31.1 Å². The molecule has 0 amide bonds. The molecule has 0 radical (unpaired) electrons. The molecule has 2 aliphatic rings. The van der Waals surface area contributed by atoms with Crippen LogP contribution in [0.3, 0.4) is 0 Å². The zero-order chi connectivity index (χ0) is 18.0. The molecule has 1 aliphatic heterocycles. The summed E-state index contributed by atoms with van der Waals surface area (Å²) in [5.41, 5.74) is 2.22. The number of hydrogen-bond donors (Lipinski definition) is 0. The van der Waals surface area contributed by atoms with Gasteiger partial charge in [-0.25, -0.2) is 0 Å². The Kier molecular flexibility index (Phi) is 5.54. The van der Waals surface area contributed by atoms with Gasteiger partial charge >= 0.3 is 13.1 Å². The molecule has 5 heteroatoms. The predicted molar refractivity (Wildman–Crippen MR) is 98.9 cm³/mol. The topological polar surface area (TPSA) is 44.8 Å². The third-order valence-corrected chi connectivity index (χ3v) is 5.93. The summed E-state index contributed by atoms with van der Waals surface area (Å²) in [6.07, 6.45) is 5.13. The van der Waals surface area contributed by atoms with Crippen LogP contribution >= 0.6 is 0 Å². The highest BCUT2D eigenvalue weighted by atomic mass is 16.7. The molecule has 2 fully saturated rings. The molecule has 1 saturated heterocycles. The van der Waals surface area contributed by atoms with Crippen molar-refractivity contribution in [3.05, 3.63) is 29.8 Å². The first-order valence-corrected chi connectivity index (χ1v) is 9.39. The zero-order valence-electron chi connectivity index (χ0n) is 15.8. The smallest absolute Gasteiger partial charge is 0.469 e. The van der Waals surface area contributed by atoms with E-state index < -0.39 is 0 Å². The van der Waals surface area contributed by atoms with Gasteiger partial charge in [0.25, 0.3) is 0 Å². The van der Waals surface area contributed by atoms with Gasteiger partial charge in [0, 0.05) is 6.42 Å². The molecule has 0 bridgehead atoms. The lowest BCUT2D eigenvalue weighted by atomic mass is 9.75. The second-order valence-electron chi connectivity index (χ2n) is 8.00. The number of benzene rings is 1. The minimum absolute atomic E-state index is 0.0819. The minimum Gasteiger partial charge on any atom is -0.469 e. The van der Waals surface area contributed by atoms with Gasteiger partial charge in [0.2, 0.25) is 0 Å². The molecule has 4 nitrogen and oxygen atoms in total. The largest absolute Gasteiger partial charge is 0.494 e. The molecule has 1 heterocycles. The van der Waals surface area contributed by atoms with Gasteiger partial charge in [0.05, 0.1) is 18.8 Å². The molecule has 1 unspecified atom stereocenters. The lowest BCUT2D eigenvalue weighted by Gasteiger charge is -2.28. The van der Waals surface area contributed by atoms with Crippen molar-refractivity contribution in [2.75, 3.05) is 7.11 Å². The van der Waals surface area contributed by atoms with Crippen molar-refractivity contribution in [2.24, 2.45) is 5.92 Å².